The number of aliphatic imine (C=N–C) groups is 1. The molecule has 0 aliphatic heterocycles. The molecule has 0 aliphatic carbocycles. The third kappa shape index (κ3) is 3.58. The lowest BCUT2D eigenvalue weighted by Gasteiger charge is -2.10. The van der Waals surface area contributed by atoms with Gasteiger partial charge in [0.2, 0.25) is 0 Å². The first-order valence-corrected chi connectivity index (χ1v) is 7.35. The number of nitrogens with two attached hydrogens (primary N) is 1. The van der Waals surface area contributed by atoms with Crippen molar-refractivity contribution in [3.8, 4) is 5.75 Å². The number of benzene rings is 1. The number of guanidine groups is 1. The Balaban J connectivity index is 2.12. The fourth-order valence-corrected chi connectivity index (χ4v) is 2.21. The van der Waals surface area contributed by atoms with Crippen LogP contribution in [0.25, 0.3) is 0 Å². The molecule has 0 atom stereocenters. The zero-order chi connectivity index (χ0) is 15.9. The molecule has 22 heavy (non-hydrogen) atoms. The molecule has 0 bridgehead atoms. The number of aromatic nitrogens is 1. The normalized spacial score (nSPS) is 11.5. The highest BCUT2D eigenvalue weighted by molar-refractivity contribution is 5.93. The maximum Gasteiger partial charge on any atom is 0.193 e. The van der Waals surface area contributed by atoms with Crippen LogP contribution < -0.4 is 15.8 Å². The Hall–Kier alpha value is -2.50. The molecule has 0 saturated heterocycles. The van der Waals surface area contributed by atoms with Crippen molar-refractivity contribution in [1.82, 2.24) is 5.16 Å². The molecule has 6 heteroatoms. The van der Waals surface area contributed by atoms with E-state index in [0.29, 0.717) is 18.3 Å². The summed E-state index contributed by atoms with van der Waals surface area (Å²) in [5.74, 6) is 1.91. The number of anilines is 1. The number of nitrogens with one attached hydrogen (secondary N) is 1. The largest absolute Gasteiger partial charge is 0.495 e. The Morgan fingerprint density at radius 1 is 1.32 bits per heavy atom. The second-order valence-electron chi connectivity index (χ2n) is 4.76. The van der Waals surface area contributed by atoms with Crippen LogP contribution in [-0.4, -0.2) is 18.2 Å². The van der Waals surface area contributed by atoms with Gasteiger partial charge >= 0.3 is 0 Å². The van der Waals surface area contributed by atoms with Gasteiger partial charge in [0.25, 0.3) is 0 Å². The second-order valence-corrected chi connectivity index (χ2v) is 4.76. The van der Waals surface area contributed by atoms with Gasteiger partial charge < -0.3 is 20.3 Å². The lowest BCUT2D eigenvalue weighted by Crippen LogP contribution is -2.23. The summed E-state index contributed by atoms with van der Waals surface area (Å²) >= 11 is 0. The van der Waals surface area contributed by atoms with E-state index in [-0.39, 0.29) is 0 Å². The van der Waals surface area contributed by atoms with E-state index in [4.69, 9.17) is 15.0 Å². The number of ether oxygens (including phenoxy) is 1. The molecule has 0 unspecified atom stereocenters. The maximum atomic E-state index is 5.96. The van der Waals surface area contributed by atoms with E-state index in [1.165, 1.54) is 0 Å². The minimum atomic E-state index is 0.329. The Bertz CT molecular complexity index is 628. The van der Waals surface area contributed by atoms with Crippen molar-refractivity contribution < 1.29 is 9.26 Å². The topological polar surface area (TPSA) is 85.7 Å². The first kappa shape index (κ1) is 15.9. The van der Waals surface area contributed by atoms with E-state index in [1.807, 2.05) is 38.1 Å². The van der Waals surface area contributed by atoms with Gasteiger partial charge in [-0.05, 0) is 18.6 Å². The zero-order valence-electron chi connectivity index (χ0n) is 13.2. The van der Waals surface area contributed by atoms with Gasteiger partial charge in [-0.3, -0.25) is 0 Å². The first-order valence-electron chi connectivity index (χ1n) is 7.35. The molecule has 3 N–H and O–H groups in total. The summed E-state index contributed by atoms with van der Waals surface area (Å²) in [6.07, 6.45) is 1.60. The molecule has 0 radical (unpaired) electrons. The molecule has 0 spiro atoms. The van der Waals surface area contributed by atoms with Crippen molar-refractivity contribution in [2.24, 2.45) is 10.7 Å². The number of rotatable bonds is 6. The van der Waals surface area contributed by atoms with Gasteiger partial charge in [0.05, 0.1) is 25.0 Å². The average Bonchev–Trinajstić information content (AvgIpc) is 2.95. The third-order valence-electron chi connectivity index (χ3n) is 3.38. The van der Waals surface area contributed by atoms with Crippen LogP contribution in [-0.2, 0) is 19.4 Å². The molecule has 1 heterocycles. The van der Waals surface area contributed by atoms with Crippen molar-refractivity contribution in [2.75, 3.05) is 12.4 Å². The highest BCUT2D eigenvalue weighted by atomic mass is 16.5. The number of para-hydroxylation sites is 2. The van der Waals surface area contributed by atoms with Crippen molar-refractivity contribution in [3.05, 3.63) is 41.3 Å². The van der Waals surface area contributed by atoms with Crippen molar-refractivity contribution in [2.45, 2.75) is 33.2 Å². The Morgan fingerprint density at radius 2 is 2.09 bits per heavy atom. The lowest BCUT2D eigenvalue weighted by atomic mass is 10.1. The predicted molar refractivity (Wildman–Crippen MR) is 87.2 cm³/mol. The van der Waals surface area contributed by atoms with E-state index >= 15 is 0 Å². The molecule has 0 aliphatic rings. The van der Waals surface area contributed by atoms with Crippen molar-refractivity contribution in [3.63, 3.8) is 0 Å². The maximum absolute atomic E-state index is 5.96. The summed E-state index contributed by atoms with van der Waals surface area (Å²) < 4.78 is 10.6. The molecule has 0 saturated carbocycles. The van der Waals surface area contributed by atoms with Gasteiger partial charge in [-0.25, -0.2) is 4.99 Å². The number of hydrogen-bond donors (Lipinski definition) is 2. The van der Waals surface area contributed by atoms with Crippen molar-refractivity contribution >= 4 is 11.6 Å². The van der Waals surface area contributed by atoms with Gasteiger partial charge in [-0.2, -0.15) is 0 Å². The van der Waals surface area contributed by atoms with E-state index in [9.17, 15) is 0 Å². The summed E-state index contributed by atoms with van der Waals surface area (Å²) in [5, 5.41) is 7.12. The third-order valence-corrected chi connectivity index (χ3v) is 3.38. The van der Waals surface area contributed by atoms with Gasteiger partial charge in [-0.15, -0.1) is 0 Å². The Morgan fingerprint density at radius 3 is 2.77 bits per heavy atom. The molecule has 2 aromatic rings. The second kappa shape index (κ2) is 7.49. The minimum absolute atomic E-state index is 0.329. The molecule has 118 valence electrons. The number of nitrogens with zero attached hydrogens (tertiary/aromatic N) is 2. The van der Waals surface area contributed by atoms with E-state index in [1.54, 1.807) is 7.11 Å². The summed E-state index contributed by atoms with van der Waals surface area (Å²) in [6, 6.07) is 7.55. The predicted octanol–water partition coefficient (Wildman–Crippen LogP) is 2.73. The van der Waals surface area contributed by atoms with Crippen LogP contribution >= 0.6 is 0 Å². The van der Waals surface area contributed by atoms with E-state index < -0.39 is 0 Å². The molecule has 0 amide bonds. The van der Waals surface area contributed by atoms with Gasteiger partial charge in [0.1, 0.15) is 11.5 Å². The highest BCUT2D eigenvalue weighted by Gasteiger charge is 2.12. The Labute approximate surface area is 130 Å². The summed E-state index contributed by atoms with van der Waals surface area (Å²) in [4.78, 5) is 4.38. The first-order chi connectivity index (χ1) is 10.7. The van der Waals surface area contributed by atoms with Gasteiger partial charge in [0, 0.05) is 12.0 Å². The molecule has 0 fully saturated rings. The highest BCUT2D eigenvalue weighted by Crippen LogP contribution is 2.23. The van der Waals surface area contributed by atoms with Crippen LogP contribution in [0.5, 0.6) is 5.75 Å². The van der Waals surface area contributed by atoms with Crippen LogP contribution in [0.15, 0.2) is 33.8 Å². The van der Waals surface area contributed by atoms with Crippen LogP contribution in [0.4, 0.5) is 5.69 Å². The molecule has 1 aromatic carbocycles. The minimum Gasteiger partial charge on any atom is -0.495 e. The number of methoxy groups -OCH3 is 1. The molecular formula is C16H22N4O2. The summed E-state index contributed by atoms with van der Waals surface area (Å²) in [5.41, 5.74) is 8.70. The van der Waals surface area contributed by atoms with Crippen LogP contribution in [0, 0.1) is 0 Å². The van der Waals surface area contributed by atoms with Crippen LogP contribution in [0.1, 0.15) is 30.9 Å². The summed E-state index contributed by atoms with van der Waals surface area (Å²) in [6.45, 7) is 4.52. The van der Waals surface area contributed by atoms with Crippen LogP contribution in [0.3, 0.4) is 0 Å². The monoisotopic (exact) mass is 302 g/mol. The van der Waals surface area contributed by atoms with Gasteiger partial charge in [0.15, 0.2) is 5.96 Å². The molecule has 1 aromatic heterocycles. The fraction of sp³-hybridized carbons (Fsp3) is 0.375. The zero-order valence-corrected chi connectivity index (χ0v) is 13.2. The van der Waals surface area contributed by atoms with Crippen LogP contribution in [0.2, 0.25) is 0 Å². The smallest absolute Gasteiger partial charge is 0.193 e. The standard InChI is InChI=1S/C16H22N4O2/c1-4-12-11(14(5-2)22-20-12)10-18-16(17)19-13-8-6-7-9-15(13)21-3/h6-9H,4-5,10H2,1-3H3,(H3,17,18,19). The average molecular weight is 302 g/mol. The Kier molecular flexibility index (Phi) is 5.41. The van der Waals surface area contributed by atoms with Gasteiger partial charge in [-0.1, -0.05) is 31.1 Å². The summed E-state index contributed by atoms with van der Waals surface area (Å²) in [7, 11) is 1.62. The van der Waals surface area contributed by atoms with E-state index in [2.05, 4.69) is 15.5 Å². The number of aryl methyl sites for hydroxylation is 2. The molecule has 2 rings (SSSR count). The number of hydrogen-bond acceptors (Lipinski definition) is 4. The SMILES string of the molecule is CCc1noc(CC)c1CN=C(N)Nc1ccccc1OC. The molecule has 6 nitrogen and oxygen atoms in total. The quantitative estimate of drug-likeness (QED) is 0.633. The van der Waals surface area contributed by atoms with E-state index in [0.717, 1.165) is 35.5 Å². The molecular weight excluding hydrogens is 280 g/mol. The fourth-order valence-electron chi connectivity index (χ4n) is 2.21. The lowest BCUT2D eigenvalue weighted by molar-refractivity contribution is 0.380. The van der Waals surface area contributed by atoms with Crippen molar-refractivity contribution in [1.29, 1.82) is 0 Å².